The molecule has 5 aromatic rings. The van der Waals surface area contributed by atoms with E-state index >= 15 is 0 Å². The van der Waals surface area contributed by atoms with Crippen molar-refractivity contribution in [2.45, 2.75) is 58.4 Å². The third-order valence-corrected chi connectivity index (χ3v) is 7.67. The second kappa shape index (κ2) is 11.9. The van der Waals surface area contributed by atoms with Gasteiger partial charge in [-0.25, -0.2) is 0 Å². The number of pyridine rings is 1. The number of amides is 1. The molecule has 3 aromatic carbocycles. The molecule has 0 fully saturated rings. The highest BCUT2D eigenvalue weighted by molar-refractivity contribution is 5.86. The van der Waals surface area contributed by atoms with Gasteiger partial charge in [0, 0.05) is 60.8 Å². The molecule has 0 aliphatic rings. The standard InChI is InChI=1S/C36H39N3O/c1-26-12-14-27(15-13-26)24-39-25-33(31-10-5-6-11-34(31)39)32(28-16-18-29(19-17-28)36(2,3)4)23-35(40)38-22-20-30-9-7-8-21-37-30/h5-19,21,25,32H,20,22-24H2,1-4H3,(H,38,40)/t32-/m0/s1. The van der Waals surface area contributed by atoms with Crippen LogP contribution in [0.3, 0.4) is 0 Å². The van der Waals surface area contributed by atoms with E-state index in [1.807, 2.05) is 18.2 Å². The van der Waals surface area contributed by atoms with Gasteiger partial charge in [0.25, 0.3) is 0 Å². The van der Waals surface area contributed by atoms with Crippen LogP contribution in [0.5, 0.6) is 0 Å². The van der Waals surface area contributed by atoms with Gasteiger partial charge in [0.05, 0.1) is 0 Å². The summed E-state index contributed by atoms with van der Waals surface area (Å²) in [7, 11) is 0. The first-order chi connectivity index (χ1) is 19.3. The van der Waals surface area contributed by atoms with Gasteiger partial charge >= 0.3 is 0 Å². The van der Waals surface area contributed by atoms with Crippen molar-refractivity contribution in [2.75, 3.05) is 6.54 Å². The van der Waals surface area contributed by atoms with Crippen LogP contribution in [0.2, 0.25) is 0 Å². The number of hydrogen-bond donors (Lipinski definition) is 1. The number of para-hydroxylation sites is 1. The zero-order chi connectivity index (χ0) is 28.1. The molecule has 0 saturated heterocycles. The van der Waals surface area contributed by atoms with Crippen molar-refractivity contribution in [3.8, 4) is 0 Å². The van der Waals surface area contributed by atoms with Crippen LogP contribution in [0.25, 0.3) is 10.9 Å². The Morgan fingerprint density at radius 2 is 1.62 bits per heavy atom. The third-order valence-electron chi connectivity index (χ3n) is 7.67. The van der Waals surface area contributed by atoms with E-state index in [2.05, 4.69) is 122 Å². The lowest BCUT2D eigenvalue weighted by molar-refractivity contribution is -0.121. The van der Waals surface area contributed by atoms with Crippen LogP contribution in [0.1, 0.15) is 66.6 Å². The van der Waals surface area contributed by atoms with Crippen molar-refractivity contribution in [3.63, 3.8) is 0 Å². The molecule has 1 atom stereocenters. The van der Waals surface area contributed by atoms with E-state index in [1.165, 1.54) is 33.2 Å². The number of hydrogen-bond acceptors (Lipinski definition) is 2. The average Bonchev–Trinajstić information content (AvgIpc) is 3.31. The maximum Gasteiger partial charge on any atom is 0.220 e. The summed E-state index contributed by atoms with van der Waals surface area (Å²) in [6, 6.07) is 32.0. The van der Waals surface area contributed by atoms with Gasteiger partial charge in [-0.3, -0.25) is 9.78 Å². The Balaban J connectivity index is 1.47. The first kappa shape index (κ1) is 27.4. The van der Waals surface area contributed by atoms with E-state index in [1.54, 1.807) is 6.20 Å². The summed E-state index contributed by atoms with van der Waals surface area (Å²) < 4.78 is 2.32. The fraction of sp³-hybridized carbons (Fsp3) is 0.278. The van der Waals surface area contributed by atoms with Crippen LogP contribution in [-0.2, 0) is 23.2 Å². The van der Waals surface area contributed by atoms with Crippen molar-refractivity contribution in [2.24, 2.45) is 0 Å². The molecular formula is C36H39N3O. The highest BCUT2D eigenvalue weighted by atomic mass is 16.1. The van der Waals surface area contributed by atoms with E-state index in [0.29, 0.717) is 19.4 Å². The molecule has 40 heavy (non-hydrogen) atoms. The van der Waals surface area contributed by atoms with Gasteiger partial charge in [-0.05, 0) is 52.8 Å². The molecule has 4 nitrogen and oxygen atoms in total. The Bertz CT molecular complexity index is 1560. The van der Waals surface area contributed by atoms with E-state index in [0.717, 1.165) is 17.8 Å². The van der Waals surface area contributed by atoms with Crippen LogP contribution >= 0.6 is 0 Å². The Morgan fingerprint density at radius 3 is 2.33 bits per heavy atom. The van der Waals surface area contributed by atoms with Gasteiger partial charge in [0.15, 0.2) is 0 Å². The quantitative estimate of drug-likeness (QED) is 0.214. The molecule has 0 aliphatic heterocycles. The molecule has 0 spiro atoms. The molecule has 2 heterocycles. The van der Waals surface area contributed by atoms with Crippen molar-refractivity contribution >= 4 is 16.8 Å². The second-order valence-corrected chi connectivity index (χ2v) is 11.8. The number of aromatic nitrogens is 2. The number of carbonyl (C=O) groups is 1. The lowest BCUT2D eigenvalue weighted by atomic mass is 9.83. The normalized spacial score (nSPS) is 12.4. The maximum absolute atomic E-state index is 13.3. The number of aryl methyl sites for hydroxylation is 1. The van der Waals surface area contributed by atoms with Gasteiger partial charge in [-0.1, -0.05) is 99.1 Å². The molecule has 204 valence electrons. The Morgan fingerprint density at radius 1 is 0.900 bits per heavy atom. The fourth-order valence-corrected chi connectivity index (χ4v) is 5.33. The lowest BCUT2D eigenvalue weighted by Gasteiger charge is -2.22. The Labute approximate surface area is 238 Å². The summed E-state index contributed by atoms with van der Waals surface area (Å²) in [5, 5.41) is 4.35. The second-order valence-electron chi connectivity index (χ2n) is 11.8. The number of carbonyl (C=O) groups excluding carboxylic acids is 1. The number of fused-ring (bicyclic) bond motifs is 1. The number of rotatable bonds is 9. The highest BCUT2D eigenvalue weighted by Crippen LogP contribution is 2.36. The summed E-state index contributed by atoms with van der Waals surface area (Å²) >= 11 is 0. The first-order valence-corrected chi connectivity index (χ1v) is 14.2. The van der Waals surface area contributed by atoms with Crippen LogP contribution in [0.4, 0.5) is 0 Å². The molecule has 0 saturated carbocycles. The van der Waals surface area contributed by atoms with Crippen molar-refractivity contribution < 1.29 is 4.79 Å². The summed E-state index contributed by atoms with van der Waals surface area (Å²) in [5.41, 5.74) is 8.39. The molecule has 2 aromatic heterocycles. The van der Waals surface area contributed by atoms with Gasteiger partial charge in [-0.15, -0.1) is 0 Å². The zero-order valence-corrected chi connectivity index (χ0v) is 24.0. The monoisotopic (exact) mass is 529 g/mol. The molecule has 1 amide bonds. The van der Waals surface area contributed by atoms with Crippen molar-refractivity contribution in [3.05, 3.63) is 137 Å². The minimum Gasteiger partial charge on any atom is -0.356 e. The molecule has 1 N–H and O–H groups in total. The smallest absolute Gasteiger partial charge is 0.220 e. The topological polar surface area (TPSA) is 46.9 Å². The molecular weight excluding hydrogens is 490 g/mol. The first-order valence-electron chi connectivity index (χ1n) is 14.2. The van der Waals surface area contributed by atoms with E-state index < -0.39 is 0 Å². The average molecular weight is 530 g/mol. The molecule has 5 rings (SSSR count). The molecule has 0 aliphatic carbocycles. The summed E-state index contributed by atoms with van der Waals surface area (Å²) in [5.74, 6) is -0.00997. The highest BCUT2D eigenvalue weighted by Gasteiger charge is 2.24. The van der Waals surface area contributed by atoms with Crippen LogP contribution in [0.15, 0.2) is 103 Å². The number of benzene rings is 3. The summed E-state index contributed by atoms with van der Waals surface area (Å²) in [4.78, 5) is 17.7. The summed E-state index contributed by atoms with van der Waals surface area (Å²) in [6.45, 7) is 10.2. The van der Waals surface area contributed by atoms with Gasteiger partial charge in [0.1, 0.15) is 0 Å². The SMILES string of the molecule is Cc1ccc(Cn2cc([C@@H](CC(=O)NCCc3ccccn3)c3ccc(C(C)(C)C)cc3)c3ccccc32)cc1. The van der Waals surface area contributed by atoms with Crippen LogP contribution in [-0.4, -0.2) is 22.0 Å². The predicted octanol–water partition coefficient (Wildman–Crippen LogP) is 7.57. The van der Waals surface area contributed by atoms with Crippen molar-refractivity contribution in [1.82, 2.24) is 14.9 Å². The minimum absolute atomic E-state index is 0.0520. The van der Waals surface area contributed by atoms with Gasteiger partial charge in [0.2, 0.25) is 5.91 Å². The molecule has 4 heteroatoms. The third kappa shape index (κ3) is 6.51. The Hall–Kier alpha value is -4.18. The largest absolute Gasteiger partial charge is 0.356 e. The number of nitrogens with zero attached hydrogens (tertiary/aromatic N) is 2. The van der Waals surface area contributed by atoms with E-state index in [9.17, 15) is 4.79 Å². The van der Waals surface area contributed by atoms with E-state index in [-0.39, 0.29) is 17.2 Å². The Kier molecular flexibility index (Phi) is 8.16. The van der Waals surface area contributed by atoms with Crippen LogP contribution in [0, 0.1) is 6.92 Å². The van der Waals surface area contributed by atoms with Crippen molar-refractivity contribution in [1.29, 1.82) is 0 Å². The fourth-order valence-electron chi connectivity index (χ4n) is 5.33. The minimum atomic E-state index is -0.0620. The molecule has 0 bridgehead atoms. The van der Waals surface area contributed by atoms with E-state index in [4.69, 9.17) is 0 Å². The number of nitrogens with one attached hydrogen (secondary N) is 1. The van der Waals surface area contributed by atoms with Crippen LogP contribution < -0.4 is 5.32 Å². The molecule has 0 unspecified atom stereocenters. The molecule has 0 radical (unpaired) electrons. The van der Waals surface area contributed by atoms with Gasteiger partial charge < -0.3 is 9.88 Å². The lowest BCUT2D eigenvalue weighted by Crippen LogP contribution is -2.27. The predicted molar refractivity (Wildman–Crippen MR) is 165 cm³/mol. The zero-order valence-electron chi connectivity index (χ0n) is 24.0. The maximum atomic E-state index is 13.3. The summed E-state index contributed by atoms with van der Waals surface area (Å²) in [6.07, 6.45) is 5.15. The van der Waals surface area contributed by atoms with Gasteiger partial charge in [-0.2, -0.15) is 0 Å².